The van der Waals surface area contributed by atoms with Crippen molar-refractivity contribution in [3.05, 3.63) is 55.8 Å². The fourth-order valence-electron chi connectivity index (χ4n) is 2.19. The highest BCUT2D eigenvalue weighted by Crippen LogP contribution is 2.32. The first kappa shape index (κ1) is 17.5. The van der Waals surface area contributed by atoms with Crippen LogP contribution in [0.5, 0.6) is 0 Å². The topological polar surface area (TPSA) is 55.6 Å². The van der Waals surface area contributed by atoms with Crippen LogP contribution in [0.25, 0.3) is 5.52 Å². The Kier molecular flexibility index (Phi) is 5.30. The maximum Gasteiger partial charge on any atom is 0.281 e. The molecule has 0 atom stereocenters. The summed E-state index contributed by atoms with van der Waals surface area (Å²) in [4.78, 5) is 13.1. The highest BCUT2D eigenvalue weighted by atomic mass is 35.5. The first-order valence-electron chi connectivity index (χ1n) is 6.93. The van der Waals surface area contributed by atoms with Crippen LogP contribution in [0.3, 0.4) is 0 Å². The van der Waals surface area contributed by atoms with Crippen LogP contribution >= 0.6 is 46.8 Å². The molecule has 2 aromatic rings. The highest BCUT2D eigenvalue weighted by Gasteiger charge is 2.17. The third-order valence-corrected chi connectivity index (χ3v) is 5.24. The van der Waals surface area contributed by atoms with E-state index in [0.717, 1.165) is 29.0 Å². The highest BCUT2D eigenvalue weighted by molar-refractivity contribution is 8.02. The predicted molar refractivity (Wildman–Crippen MR) is 97.5 cm³/mol. The van der Waals surface area contributed by atoms with Gasteiger partial charge in [0.1, 0.15) is 5.15 Å². The number of methoxy groups -OCH3 is 1. The molecule has 0 saturated carbocycles. The average Bonchev–Trinajstić information content (AvgIpc) is 2.98. The standard InChI is InChI=1S/C15H12Cl3N3O2S/c1-23-10-2-3-11(17)13(7-10)24-20-15(22)12-6-9-4-8(16)5-14(18)21(9)19-12/h4-7H,2-3H2,1H3,(H,20,22). The molecular weight excluding hydrogens is 393 g/mol. The van der Waals surface area contributed by atoms with Crippen molar-refractivity contribution >= 4 is 58.2 Å². The molecule has 0 fully saturated rings. The summed E-state index contributed by atoms with van der Waals surface area (Å²) in [6, 6.07) is 4.85. The number of fused-ring (bicyclic) bond motifs is 1. The van der Waals surface area contributed by atoms with Gasteiger partial charge in [-0.2, -0.15) is 5.10 Å². The van der Waals surface area contributed by atoms with Crippen LogP contribution in [-0.2, 0) is 4.74 Å². The summed E-state index contributed by atoms with van der Waals surface area (Å²) >= 11 is 19.3. The van der Waals surface area contributed by atoms with Gasteiger partial charge in [-0.25, -0.2) is 4.52 Å². The molecule has 0 aromatic carbocycles. The fourth-order valence-corrected chi connectivity index (χ4v) is 3.69. The Bertz CT molecular complexity index is 876. The minimum absolute atomic E-state index is 0.232. The molecule has 24 heavy (non-hydrogen) atoms. The Balaban J connectivity index is 1.76. The fraction of sp³-hybridized carbons (Fsp3) is 0.200. The van der Waals surface area contributed by atoms with E-state index in [1.165, 1.54) is 4.52 Å². The molecule has 5 nitrogen and oxygen atoms in total. The zero-order chi connectivity index (χ0) is 17.3. The van der Waals surface area contributed by atoms with Gasteiger partial charge in [-0.15, -0.1) is 0 Å². The monoisotopic (exact) mass is 403 g/mol. The van der Waals surface area contributed by atoms with Crippen LogP contribution in [0.4, 0.5) is 0 Å². The predicted octanol–water partition coefficient (Wildman–Crippen LogP) is 4.79. The van der Waals surface area contributed by atoms with Crippen LogP contribution in [0.1, 0.15) is 23.3 Å². The molecule has 9 heteroatoms. The van der Waals surface area contributed by atoms with Gasteiger partial charge in [0.25, 0.3) is 5.91 Å². The van der Waals surface area contributed by atoms with Crippen molar-refractivity contribution in [3.63, 3.8) is 0 Å². The van der Waals surface area contributed by atoms with E-state index in [4.69, 9.17) is 39.5 Å². The van der Waals surface area contributed by atoms with E-state index in [2.05, 4.69) is 9.82 Å². The Morgan fingerprint density at radius 3 is 2.83 bits per heavy atom. The van der Waals surface area contributed by atoms with E-state index in [1.54, 1.807) is 25.3 Å². The number of nitrogens with one attached hydrogen (secondary N) is 1. The first-order valence-corrected chi connectivity index (χ1v) is 8.88. The van der Waals surface area contributed by atoms with E-state index >= 15 is 0 Å². The normalized spacial score (nSPS) is 14.8. The lowest BCUT2D eigenvalue weighted by molar-refractivity contribution is 0.0979. The van der Waals surface area contributed by atoms with Crippen LogP contribution in [0, 0.1) is 0 Å². The lowest BCUT2D eigenvalue weighted by atomic mass is 10.1. The van der Waals surface area contributed by atoms with Gasteiger partial charge >= 0.3 is 0 Å². The summed E-state index contributed by atoms with van der Waals surface area (Å²) in [6.45, 7) is 0. The van der Waals surface area contributed by atoms with E-state index in [9.17, 15) is 4.79 Å². The zero-order valence-corrected chi connectivity index (χ0v) is 15.6. The second-order valence-electron chi connectivity index (χ2n) is 4.98. The molecule has 0 bridgehead atoms. The molecule has 0 spiro atoms. The number of hydrogen-bond donors (Lipinski definition) is 1. The van der Waals surface area contributed by atoms with Crippen LogP contribution < -0.4 is 4.72 Å². The smallest absolute Gasteiger partial charge is 0.281 e. The number of nitrogens with zero attached hydrogens (tertiary/aromatic N) is 2. The summed E-state index contributed by atoms with van der Waals surface area (Å²) in [6.07, 6.45) is 3.25. The summed E-state index contributed by atoms with van der Waals surface area (Å²) in [5.41, 5.74) is 0.870. The van der Waals surface area contributed by atoms with Gasteiger partial charge in [-0.05, 0) is 42.6 Å². The molecule has 0 aliphatic heterocycles. The number of aromatic nitrogens is 2. The summed E-state index contributed by atoms with van der Waals surface area (Å²) < 4.78 is 9.39. The number of carbonyl (C=O) groups excluding carboxylic acids is 1. The SMILES string of the molecule is COC1=CC(SNC(=O)c2cc3cc(Cl)cc(Cl)n3n2)=C(Cl)CC1. The molecule has 2 heterocycles. The number of halogens is 3. The van der Waals surface area contributed by atoms with Crippen molar-refractivity contribution < 1.29 is 9.53 Å². The number of ether oxygens (including phenoxy) is 1. The number of allylic oxidation sites excluding steroid dienone is 3. The van der Waals surface area contributed by atoms with Gasteiger partial charge in [0.05, 0.1) is 18.4 Å². The molecule has 1 N–H and O–H groups in total. The Hall–Kier alpha value is -1.34. The van der Waals surface area contributed by atoms with Gasteiger partial charge in [-0.1, -0.05) is 34.8 Å². The van der Waals surface area contributed by atoms with Crippen molar-refractivity contribution in [3.8, 4) is 0 Å². The van der Waals surface area contributed by atoms with E-state index < -0.39 is 0 Å². The zero-order valence-electron chi connectivity index (χ0n) is 12.5. The third kappa shape index (κ3) is 3.67. The quantitative estimate of drug-likeness (QED) is 0.588. The summed E-state index contributed by atoms with van der Waals surface area (Å²) in [5.74, 6) is 0.469. The molecule has 1 amide bonds. The maximum absolute atomic E-state index is 12.3. The molecule has 0 radical (unpaired) electrons. The van der Waals surface area contributed by atoms with Crippen LogP contribution in [-0.4, -0.2) is 22.6 Å². The van der Waals surface area contributed by atoms with E-state index in [0.29, 0.717) is 27.1 Å². The molecule has 0 unspecified atom stereocenters. The van der Waals surface area contributed by atoms with Gasteiger partial charge in [0.15, 0.2) is 5.69 Å². The van der Waals surface area contributed by atoms with E-state index in [-0.39, 0.29) is 11.6 Å². The Morgan fingerprint density at radius 1 is 1.29 bits per heavy atom. The molecule has 1 aliphatic carbocycles. The largest absolute Gasteiger partial charge is 0.501 e. The molecule has 1 aliphatic rings. The minimum atomic E-state index is -0.356. The van der Waals surface area contributed by atoms with Crippen LogP contribution in [0.15, 0.2) is 40.0 Å². The van der Waals surface area contributed by atoms with Gasteiger partial charge in [0, 0.05) is 21.4 Å². The van der Waals surface area contributed by atoms with Crippen molar-refractivity contribution in [1.29, 1.82) is 0 Å². The first-order chi connectivity index (χ1) is 11.5. The third-order valence-electron chi connectivity index (χ3n) is 3.38. The molecule has 0 saturated heterocycles. The number of hydrogen-bond acceptors (Lipinski definition) is 4. The number of amides is 1. The lowest BCUT2D eigenvalue weighted by Gasteiger charge is -2.15. The van der Waals surface area contributed by atoms with Crippen molar-refractivity contribution in [2.45, 2.75) is 12.8 Å². The maximum atomic E-state index is 12.3. The number of carbonyl (C=O) groups is 1. The van der Waals surface area contributed by atoms with Crippen molar-refractivity contribution in [2.24, 2.45) is 0 Å². The van der Waals surface area contributed by atoms with Crippen LogP contribution in [0.2, 0.25) is 10.2 Å². The van der Waals surface area contributed by atoms with Gasteiger partial charge in [-0.3, -0.25) is 9.52 Å². The van der Waals surface area contributed by atoms with E-state index in [1.807, 2.05) is 6.08 Å². The number of rotatable bonds is 4. The lowest BCUT2D eigenvalue weighted by Crippen LogP contribution is -2.17. The summed E-state index contributed by atoms with van der Waals surface area (Å²) in [7, 11) is 1.61. The Labute approximate surface area is 157 Å². The molecule has 2 aromatic heterocycles. The minimum Gasteiger partial charge on any atom is -0.501 e. The average molecular weight is 405 g/mol. The second-order valence-corrected chi connectivity index (χ2v) is 7.11. The number of pyridine rings is 1. The van der Waals surface area contributed by atoms with Crippen molar-refractivity contribution in [2.75, 3.05) is 7.11 Å². The van der Waals surface area contributed by atoms with Gasteiger partial charge < -0.3 is 4.74 Å². The molecular formula is C15H12Cl3N3O2S. The van der Waals surface area contributed by atoms with Crippen molar-refractivity contribution in [1.82, 2.24) is 14.3 Å². The van der Waals surface area contributed by atoms with Gasteiger partial charge in [0.2, 0.25) is 0 Å². The second kappa shape index (κ2) is 7.27. The summed E-state index contributed by atoms with van der Waals surface area (Å²) in [5, 5.41) is 5.67. The molecule has 3 rings (SSSR count). The molecule has 126 valence electrons. The Morgan fingerprint density at radius 2 is 2.08 bits per heavy atom.